The van der Waals surface area contributed by atoms with Crippen LogP contribution in [0, 0.1) is 5.92 Å². The molecule has 1 amide bonds. The lowest BCUT2D eigenvalue weighted by Crippen LogP contribution is -2.40. The van der Waals surface area contributed by atoms with E-state index in [9.17, 15) is 4.79 Å². The highest BCUT2D eigenvalue weighted by atomic mass is 35.5. The number of benzene rings is 1. The Morgan fingerprint density at radius 1 is 1.28 bits per heavy atom. The van der Waals surface area contributed by atoms with Crippen LogP contribution in [0.2, 0.25) is 0 Å². The lowest BCUT2D eigenvalue weighted by Gasteiger charge is -2.18. The van der Waals surface area contributed by atoms with Crippen molar-refractivity contribution in [2.75, 3.05) is 26.0 Å². The summed E-state index contributed by atoms with van der Waals surface area (Å²) in [6.45, 7) is 5.93. The van der Waals surface area contributed by atoms with Crippen LogP contribution in [0.25, 0.3) is 10.9 Å². The summed E-state index contributed by atoms with van der Waals surface area (Å²) < 4.78 is 2.21. The van der Waals surface area contributed by atoms with Crippen LogP contribution in [0.3, 0.4) is 0 Å². The summed E-state index contributed by atoms with van der Waals surface area (Å²) >= 11 is 0. The third-order valence-corrected chi connectivity index (χ3v) is 4.39. The molecule has 3 N–H and O–H groups in total. The molecular formula is C18H30Cl2N4O. The Hall–Kier alpha value is -1.27. The molecule has 5 nitrogen and oxygen atoms in total. The second-order valence-corrected chi connectivity index (χ2v) is 6.49. The van der Waals surface area contributed by atoms with Gasteiger partial charge in [-0.15, -0.1) is 24.8 Å². The summed E-state index contributed by atoms with van der Waals surface area (Å²) in [6.07, 6.45) is 2.98. The number of nitrogens with two attached hydrogens (primary N) is 1. The Balaban J connectivity index is 0.00000288. The molecule has 0 aliphatic heterocycles. The molecule has 0 aliphatic rings. The zero-order valence-corrected chi connectivity index (χ0v) is 17.0. The Bertz CT molecular complexity index is 672. The number of anilines is 1. The molecule has 25 heavy (non-hydrogen) atoms. The zero-order valence-electron chi connectivity index (χ0n) is 15.4. The van der Waals surface area contributed by atoms with Gasteiger partial charge in [0.05, 0.1) is 11.6 Å². The van der Waals surface area contributed by atoms with Crippen molar-refractivity contribution < 1.29 is 4.79 Å². The van der Waals surface area contributed by atoms with Crippen LogP contribution >= 0.6 is 24.8 Å². The number of carbonyl (C=O) groups excluding carboxylic acids is 1. The third kappa shape index (κ3) is 6.19. The average Bonchev–Trinajstić information content (AvgIpc) is 2.93. The zero-order chi connectivity index (χ0) is 17.0. The van der Waals surface area contributed by atoms with Crippen molar-refractivity contribution in [2.24, 2.45) is 11.7 Å². The van der Waals surface area contributed by atoms with Crippen molar-refractivity contribution >= 4 is 47.3 Å². The Kier molecular flexibility index (Phi) is 10.1. The SMILES string of the molecule is CCC(C)C(N)C(=O)Nc1ccc2ccn(CCN(C)C)c2c1.Cl.Cl. The fourth-order valence-corrected chi connectivity index (χ4v) is 2.50. The first-order valence-corrected chi connectivity index (χ1v) is 8.22. The molecule has 142 valence electrons. The van der Waals surface area contributed by atoms with E-state index in [4.69, 9.17) is 5.73 Å². The van der Waals surface area contributed by atoms with Gasteiger partial charge < -0.3 is 20.5 Å². The van der Waals surface area contributed by atoms with Gasteiger partial charge >= 0.3 is 0 Å². The number of aromatic nitrogens is 1. The predicted octanol–water partition coefficient (Wildman–Crippen LogP) is 3.36. The highest BCUT2D eigenvalue weighted by molar-refractivity contribution is 5.96. The highest BCUT2D eigenvalue weighted by Gasteiger charge is 2.19. The highest BCUT2D eigenvalue weighted by Crippen LogP contribution is 2.21. The van der Waals surface area contributed by atoms with E-state index in [1.807, 2.05) is 32.0 Å². The van der Waals surface area contributed by atoms with E-state index in [0.29, 0.717) is 0 Å². The maximum Gasteiger partial charge on any atom is 0.241 e. The number of rotatable bonds is 7. The number of hydrogen-bond acceptors (Lipinski definition) is 3. The average molecular weight is 389 g/mol. The third-order valence-electron chi connectivity index (χ3n) is 4.39. The monoisotopic (exact) mass is 388 g/mol. The molecule has 7 heteroatoms. The first kappa shape index (κ1) is 23.7. The van der Waals surface area contributed by atoms with E-state index in [-0.39, 0.29) is 36.6 Å². The van der Waals surface area contributed by atoms with Gasteiger partial charge in [0.1, 0.15) is 0 Å². The largest absolute Gasteiger partial charge is 0.346 e. The Morgan fingerprint density at radius 3 is 2.56 bits per heavy atom. The van der Waals surface area contributed by atoms with Crippen molar-refractivity contribution in [1.82, 2.24) is 9.47 Å². The Morgan fingerprint density at radius 2 is 1.96 bits per heavy atom. The number of halogens is 2. The minimum absolute atomic E-state index is 0. The molecule has 0 saturated carbocycles. The second kappa shape index (κ2) is 10.7. The number of nitrogens with zero attached hydrogens (tertiary/aromatic N) is 2. The topological polar surface area (TPSA) is 63.3 Å². The van der Waals surface area contributed by atoms with Gasteiger partial charge in [0, 0.05) is 25.0 Å². The molecule has 2 aromatic rings. The van der Waals surface area contributed by atoms with Crippen LogP contribution in [-0.4, -0.2) is 42.1 Å². The first-order valence-electron chi connectivity index (χ1n) is 8.22. The van der Waals surface area contributed by atoms with Crippen molar-refractivity contribution in [1.29, 1.82) is 0 Å². The van der Waals surface area contributed by atoms with Gasteiger partial charge in [-0.25, -0.2) is 0 Å². The summed E-state index contributed by atoms with van der Waals surface area (Å²) in [5.74, 6) is 0.0489. The molecule has 1 aromatic carbocycles. The standard InChI is InChI=1S/C18H28N4O.2ClH/c1-5-13(2)17(19)18(23)20-15-7-6-14-8-9-22(16(14)12-15)11-10-21(3)4;;/h6-9,12-13,17H,5,10-11,19H2,1-4H3,(H,20,23);2*1H. The van der Waals surface area contributed by atoms with Crippen LogP contribution in [0.5, 0.6) is 0 Å². The minimum atomic E-state index is -0.476. The molecule has 0 fully saturated rings. The normalized spacial score (nSPS) is 13.0. The van der Waals surface area contributed by atoms with Gasteiger partial charge in [0.15, 0.2) is 0 Å². The summed E-state index contributed by atoms with van der Waals surface area (Å²) in [5, 5.41) is 4.12. The van der Waals surface area contributed by atoms with Crippen LogP contribution in [0.4, 0.5) is 5.69 Å². The lowest BCUT2D eigenvalue weighted by atomic mass is 9.99. The van der Waals surface area contributed by atoms with Crippen molar-refractivity contribution in [3.8, 4) is 0 Å². The quantitative estimate of drug-likeness (QED) is 0.763. The van der Waals surface area contributed by atoms with Gasteiger partial charge in [0.25, 0.3) is 0 Å². The van der Waals surface area contributed by atoms with Gasteiger partial charge in [-0.3, -0.25) is 4.79 Å². The van der Waals surface area contributed by atoms with Crippen LogP contribution < -0.4 is 11.1 Å². The molecule has 0 aliphatic carbocycles. The summed E-state index contributed by atoms with van der Waals surface area (Å²) in [4.78, 5) is 14.4. The van der Waals surface area contributed by atoms with E-state index < -0.39 is 6.04 Å². The molecule has 1 heterocycles. The number of likely N-dealkylation sites (N-methyl/N-ethyl adjacent to an activating group) is 1. The van der Waals surface area contributed by atoms with Crippen molar-refractivity contribution in [3.63, 3.8) is 0 Å². The smallest absolute Gasteiger partial charge is 0.241 e. The van der Waals surface area contributed by atoms with E-state index in [0.717, 1.165) is 30.7 Å². The van der Waals surface area contributed by atoms with Crippen LogP contribution in [0.15, 0.2) is 30.5 Å². The summed E-state index contributed by atoms with van der Waals surface area (Å²) in [6, 6.07) is 7.61. The molecule has 0 radical (unpaired) electrons. The minimum Gasteiger partial charge on any atom is -0.346 e. The van der Waals surface area contributed by atoms with E-state index in [1.54, 1.807) is 0 Å². The van der Waals surface area contributed by atoms with E-state index in [1.165, 1.54) is 5.39 Å². The fraction of sp³-hybridized carbons (Fsp3) is 0.500. The van der Waals surface area contributed by atoms with Crippen LogP contribution in [-0.2, 0) is 11.3 Å². The molecule has 0 spiro atoms. The van der Waals surface area contributed by atoms with Gasteiger partial charge in [0.2, 0.25) is 5.91 Å². The predicted molar refractivity (Wildman–Crippen MR) is 111 cm³/mol. The van der Waals surface area contributed by atoms with Crippen molar-refractivity contribution in [3.05, 3.63) is 30.5 Å². The summed E-state index contributed by atoms with van der Waals surface area (Å²) in [7, 11) is 4.13. The second-order valence-electron chi connectivity index (χ2n) is 6.49. The van der Waals surface area contributed by atoms with Gasteiger partial charge in [-0.2, -0.15) is 0 Å². The maximum absolute atomic E-state index is 12.2. The van der Waals surface area contributed by atoms with Crippen molar-refractivity contribution in [2.45, 2.75) is 32.9 Å². The number of fused-ring (bicyclic) bond motifs is 1. The van der Waals surface area contributed by atoms with Gasteiger partial charge in [-0.1, -0.05) is 26.3 Å². The molecule has 2 atom stereocenters. The maximum atomic E-state index is 12.2. The molecule has 0 bridgehead atoms. The summed E-state index contributed by atoms with van der Waals surface area (Å²) in [5.41, 5.74) is 7.92. The Labute approximate surface area is 162 Å². The number of amides is 1. The first-order chi connectivity index (χ1) is 10.9. The number of hydrogen-bond donors (Lipinski definition) is 2. The molecule has 1 aromatic heterocycles. The molecular weight excluding hydrogens is 359 g/mol. The molecule has 0 saturated heterocycles. The van der Waals surface area contributed by atoms with Gasteiger partial charge in [-0.05, 0) is 43.6 Å². The lowest BCUT2D eigenvalue weighted by molar-refractivity contribution is -0.118. The molecule has 2 unspecified atom stereocenters. The fourth-order valence-electron chi connectivity index (χ4n) is 2.50. The number of carbonyl (C=O) groups is 1. The van der Waals surface area contributed by atoms with Crippen LogP contribution in [0.1, 0.15) is 20.3 Å². The van der Waals surface area contributed by atoms with E-state index >= 15 is 0 Å². The molecule has 2 rings (SSSR count). The number of nitrogens with one attached hydrogen (secondary N) is 1. The van der Waals surface area contributed by atoms with E-state index in [2.05, 4.69) is 41.1 Å².